The number of nitrogens with zero attached hydrogens (tertiary/aromatic N) is 3. The molecule has 0 aliphatic heterocycles. The van der Waals surface area contributed by atoms with E-state index in [2.05, 4.69) is 15.2 Å². The van der Waals surface area contributed by atoms with Crippen LogP contribution in [-0.4, -0.2) is 21.8 Å². The van der Waals surface area contributed by atoms with Crippen LogP contribution < -0.4 is 4.74 Å². The first-order valence-corrected chi connectivity index (χ1v) is 5.36. The lowest BCUT2D eigenvalue weighted by atomic mass is 10.1. The molecule has 0 unspecified atom stereocenters. The maximum atomic E-state index is 13.6. The van der Waals surface area contributed by atoms with Gasteiger partial charge in [-0.25, -0.2) is 9.37 Å². The SMILES string of the molecule is CCOc1ccc(-c2cnnc(Cl)n2)cc1F. The summed E-state index contributed by atoms with van der Waals surface area (Å²) in [7, 11) is 0. The first kappa shape index (κ1) is 11.7. The Kier molecular flexibility index (Phi) is 3.49. The van der Waals surface area contributed by atoms with E-state index in [9.17, 15) is 4.39 Å². The minimum Gasteiger partial charge on any atom is -0.491 e. The van der Waals surface area contributed by atoms with Crippen LogP contribution in [0.2, 0.25) is 5.28 Å². The predicted octanol–water partition coefficient (Wildman–Crippen LogP) is 2.73. The van der Waals surface area contributed by atoms with E-state index < -0.39 is 5.82 Å². The van der Waals surface area contributed by atoms with Gasteiger partial charge < -0.3 is 4.74 Å². The van der Waals surface area contributed by atoms with Crippen molar-refractivity contribution in [1.82, 2.24) is 15.2 Å². The maximum Gasteiger partial charge on any atom is 0.243 e. The molecule has 0 fully saturated rings. The van der Waals surface area contributed by atoms with Crippen LogP contribution in [0.15, 0.2) is 24.4 Å². The van der Waals surface area contributed by atoms with Gasteiger partial charge >= 0.3 is 0 Å². The summed E-state index contributed by atoms with van der Waals surface area (Å²) in [6.45, 7) is 2.21. The molecule has 4 nitrogen and oxygen atoms in total. The van der Waals surface area contributed by atoms with Gasteiger partial charge in [-0.1, -0.05) is 0 Å². The molecular formula is C11H9ClFN3O. The van der Waals surface area contributed by atoms with Crippen LogP contribution in [0, 0.1) is 5.82 Å². The summed E-state index contributed by atoms with van der Waals surface area (Å²) in [5.74, 6) is -0.233. The number of rotatable bonds is 3. The summed E-state index contributed by atoms with van der Waals surface area (Å²) in [6.07, 6.45) is 1.42. The Labute approximate surface area is 102 Å². The Morgan fingerprint density at radius 1 is 1.41 bits per heavy atom. The number of hydrogen-bond acceptors (Lipinski definition) is 4. The van der Waals surface area contributed by atoms with Crippen LogP contribution in [-0.2, 0) is 0 Å². The second-order valence-corrected chi connectivity index (χ2v) is 3.53. The Bertz CT molecular complexity index is 536. The molecule has 88 valence electrons. The highest BCUT2D eigenvalue weighted by Crippen LogP contribution is 2.24. The molecule has 0 spiro atoms. The van der Waals surface area contributed by atoms with Crippen LogP contribution >= 0.6 is 11.6 Å². The predicted molar refractivity (Wildman–Crippen MR) is 61.4 cm³/mol. The third-order valence-corrected chi connectivity index (χ3v) is 2.22. The fraction of sp³-hybridized carbons (Fsp3) is 0.182. The second kappa shape index (κ2) is 5.05. The zero-order valence-electron chi connectivity index (χ0n) is 9.02. The van der Waals surface area contributed by atoms with Crippen LogP contribution in [0.25, 0.3) is 11.3 Å². The van der Waals surface area contributed by atoms with Crippen LogP contribution in [0.4, 0.5) is 4.39 Å². The average molecular weight is 254 g/mol. The lowest BCUT2D eigenvalue weighted by Crippen LogP contribution is -1.96. The molecule has 17 heavy (non-hydrogen) atoms. The van der Waals surface area contributed by atoms with Crippen LogP contribution in [0.1, 0.15) is 6.92 Å². The molecule has 6 heteroatoms. The topological polar surface area (TPSA) is 47.9 Å². The number of hydrogen-bond donors (Lipinski definition) is 0. The molecule has 2 aromatic rings. The normalized spacial score (nSPS) is 10.3. The highest BCUT2D eigenvalue weighted by atomic mass is 35.5. The van der Waals surface area contributed by atoms with E-state index >= 15 is 0 Å². The zero-order chi connectivity index (χ0) is 12.3. The largest absolute Gasteiger partial charge is 0.491 e. The van der Waals surface area contributed by atoms with Gasteiger partial charge in [-0.15, -0.1) is 5.10 Å². The van der Waals surface area contributed by atoms with Crippen molar-refractivity contribution in [3.8, 4) is 17.0 Å². The number of halogens is 2. The van der Waals surface area contributed by atoms with E-state index in [1.165, 1.54) is 12.3 Å². The maximum absolute atomic E-state index is 13.6. The van der Waals surface area contributed by atoms with Crippen molar-refractivity contribution in [3.63, 3.8) is 0 Å². The molecule has 1 heterocycles. The monoisotopic (exact) mass is 253 g/mol. The minimum absolute atomic E-state index is 0.0248. The summed E-state index contributed by atoms with van der Waals surface area (Å²) in [5.41, 5.74) is 1.04. The molecule has 0 aliphatic carbocycles. The standard InChI is InChI=1S/C11H9ClFN3O/c1-2-17-10-4-3-7(5-8(10)13)9-6-14-16-11(12)15-9/h3-6H,2H2,1H3. The highest BCUT2D eigenvalue weighted by Gasteiger charge is 2.07. The molecule has 0 amide bonds. The molecule has 0 atom stereocenters. The summed E-state index contributed by atoms with van der Waals surface area (Å²) >= 11 is 5.61. The van der Waals surface area contributed by atoms with E-state index in [0.717, 1.165) is 0 Å². The molecule has 0 aliphatic rings. The molecule has 2 rings (SSSR count). The summed E-state index contributed by atoms with van der Waals surface area (Å²) in [4.78, 5) is 3.94. The van der Waals surface area contributed by atoms with Gasteiger partial charge in [0.25, 0.3) is 0 Å². The van der Waals surface area contributed by atoms with E-state index in [4.69, 9.17) is 16.3 Å². The van der Waals surface area contributed by atoms with Crippen molar-refractivity contribution >= 4 is 11.6 Å². The lowest BCUT2D eigenvalue weighted by molar-refractivity contribution is 0.321. The first-order valence-electron chi connectivity index (χ1n) is 4.98. The van der Waals surface area contributed by atoms with Gasteiger partial charge in [0, 0.05) is 5.56 Å². The van der Waals surface area contributed by atoms with Crippen LogP contribution in [0.3, 0.4) is 0 Å². The Balaban J connectivity index is 2.37. The van der Waals surface area contributed by atoms with Gasteiger partial charge in [0.1, 0.15) is 0 Å². The molecule has 0 saturated heterocycles. The van der Waals surface area contributed by atoms with E-state index in [-0.39, 0.29) is 11.0 Å². The number of aromatic nitrogens is 3. The van der Waals surface area contributed by atoms with Crippen molar-refractivity contribution in [2.24, 2.45) is 0 Å². The smallest absolute Gasteiger partial charge is 0.243 e. The van der Waals surface area contributed by atoms with Crippen molar-refractivity contribution in [2.75, 3.05) is 6.61 Å². The van der Waals surface area contributed by atoms with Crippen molar-refractivity contribution in [2.45, 2.75) is 6.92 Å². The third kappa shape index (κ3) is 2.68. The Hall–Kier alpha value is -1.75. The van der Waals surface area contributed by atoms with Crippen molar-refractivity contribution < 1.29 is 9.13 Å². The molecule has 0 radical (unpaired) electrons. The number of ether oxygens (including phenoxy) is 1. The third-order valence-electron chi connectivity index (χ3n) is 2.06. The molecule has 0 bridgehead atoms. The zero-order valence-corrected chi connectivity index (χ0v) is 9.78. The fourth-order valence-electron chi connectivity index (χ4n) is 1.35. The summed E-state index contributed by atoms with van der Waals surface area (Å²) in [6, 6.07) is 4.56. The number of benzene rings is 1. The summed E-state index contributed by atoms with van der Waals surface area (Å²) in [5, 5.41) is 7.20. The van der Waals surface area contributed by atoms with Crippen molar-refractivity contribution in [3.05, 3.63) is 35.5 Å². The Morgan fingerprint density at radius 3 is 2.88 bits per heavy atom. The molecule has 0 saturated carbocycles. The lowest BCUT2D eigenvalue weighted by Gasteiger charge is -2.06. The van der Waals surface area contributed by atoms with Gasteiger partial charge in [-0.05, 0) is 36.7 Å². The second-order valence-electron chi connectivity index (χ2n) is 3.19. The highest BCUT2D eigenvalue weighted by molar-refractivity contribution is 6.28. The van der Waals surface area contributed by atoms with Gasteiger partial charge in [0.05, 0.1) is 18.5 Å². The van der Waals surface area contributed by atoms with Gasteiger partial charge in [-0.3, -0.25) is 0 Å². The van der Waals surface area contributed by atoms with E-state index in [1.54, 1.807) is 19.1 Å². The van der Waals surface area contributed by atoms with Crippen molar-refractivity contribution in [1.29, 1.82) is 0 Å². The summed E-state index contributed by atoms with van der Waals surface area (Å²) < 4.78 is 18.7. The average Bonchev–Trinajstić information content (AvgIpc) is 2.32. The minimum atomic E-state index is -0.445. The van der Waals surface area contributed by atoms with E-state index in [0.29, 0.717) is 17.9 Å². The molecule has 1 aromatic carbocycles. The fourth-order valence-corrected chi connectivity index (χ4v) is 1.49. The van der Waals surface area contributed by atoms with Gasteiger partial charge in [0.15, 0.2) is 11.6 Å². The van der Waals surface area contributed by atoms with Crippen LogP contribution in [0.5, 0.6) is 5.75 Å². The molecule has 1 aromatic heterocycles. The first-order chi connectivity index (χ1) is 8.20. The molecule has 0 N–H and O–H groups in total. The van der Waals surface area contributed by atoms with Gasteiger partial charge in [0.2, 0.25) is 5.28 Å². The van der Waals surface area contributed by atoms with Gasteiger partial charge in [-0.2, -0.15) is 5.10 Å². The molecular weight excluding hydrogens is 245 g/mol. The Morgan fingerprint density at radius 2 is 2.24 bits per heavy atom. The van der Waals surface area contributed by atoms with E-state index in [1.807, 2.05) is 0 Å². The quantitative estimate of drug-likeness (QED) is 0.844.